The summed E-state index contributed by atoms with van der Waals surface area (Å²) in [7, 11) is 0. The number of carbonyl (C=O) groups is 1. The predicted molar refractivity (Wildman–Crippen MR) is 96.9 cm³/mol. The van der Waals surface area contributed by atoms with E-state index in [9.17, 15) is 4.79 Å². The van der Waals surface area contributed by atoms with Gasteiger partial charge in [-0.25, -0.2) is 14.8 Å². The SMILES string of the molecule is Cc1csc(-c2cc(Br)c3c(n2)N(C(=O)OC(C)(C)C)CCO3)n1. The summed E-state index contributed by atoms with van der Waals surface area (Å²) in [5.74, 6) is 0.997. The van der Waals surface area contributed by atoms with E-state index in [1.54, 1.807) is 0 Å². The van der Waals surface area contributed by atoms with Gasteiger partial charge in [0.15, 0.2) is 11.6 Å². The third kappa shape index (κ3) is 3.54. The number of rotatable bonds is 1. The number of aromatic nitrogens is 2. The Labute approximate surface area is 152 Å². The van der Waals surface area contributed by atoms with Crippen LogP contribution < -0.4 is 9.64 Å². The molecule has 2 aromatic rings. The highest BCUT2D eigenvalue weighted by Gasteiger charge is 2.31. The molecule has 0 fully saturated rings. The smallest absolute Gasteiger partial charge is 0.416 e. The minimum atomic E-state index is -0.573. The predicted octanol–water partition coefficient (Wildman–Crippen LogP) is 4.41. The fraction of sp³-hybridized carbons (Fsp3) is 0.438. The molecular weight excluding hydrogens is 394 g/mol. The number of ether oxygens (including phenoxy) is 2. The van der Waals surface area contributed by atoms with Crippen molar-refractivity contribution in [2.75, 3.05) is 18.1 Å². The van der Waals surface area contributed by atoms with E-state index in [4.69, 9.17) is 9.47 Å². The highest BCUT2D eigenvalue weighted by Crippen LogP contribution is 2.40. The Balaban J connectivity index is 2.02. The Morgan fingerprint density at radius 1 is 1.42 bits per heavy atom. The van der Waals surface area contributed by atoms with Gasteiger partial charge in [-0.2, -0.15) is 0 Å². The molecule has 128 valence electrons. The first kappa shape index (κ1) is 17.2. The normalized spacial score (nSPS) is 14.1. The van der Waals surface area contributed by atoms with E-state index in [1.165, 1.54) is 16.2 Å². The average Bonchev–Trinajstić information content (AvgIpc) is 2.91. The van der Waals surface area contributed by atoms with Gasteiger partial charge in [-0.15, -0.1) is 11.3 Å². The van der Waals surface area contributed by atoms with Crippen molar-refractivity contribution in [1.82, 2.24) is 9.97 Å². The lowest BCUT2D eigenvalue weighted by Crippen LogP contribution is -2.42. The molecule has 0 spiro atoms. The standard InChI is InChI=1S/C16H18BrN3O3S/c1-9-8-24-14(18-9)11-7-10(17)12-13(19-11)20(5-6-22-12)15(21)23-16(2,3)4/h7-8H,5-6H2,1-4H3. The van der Waals surface area contributed by atoms with Crippen molar-refractivity contribution in [3.8, 4) is 16.5 Å². The Hall–Kier alpha value is -1.67. The van der Waals surface area contributed by atoms with Gasteiger partial charge in [-0.05, 0) is 49.7 Å². The monoisotopic (exact) mass is 411 g/mol. The summed E-state index contributed by atoms with van der Waals surface area (Å²) >= 11 is 5.02. The van der Waals surface area contributed by atoms with Gasteiger partial charge < -0.3 is 9.47 Å². The summed E-state index contributed by atoms with van der Waals surface area (Å²) in [5.41, 5.74) is 1.06. The first-order valence-corrected chi connectivity index (χ1v) is 9.18. The minimum absolute atomic E-state index is 0.391. The lowest BCUT2D eigenvalue weighted by molar-refractivity contribution is 0.0566. The number of carbonyl (C=O) groups excluding carboxylic acids is 1. The number of hydrogen-bond acceptors (Lipinski definition) is 6. The lowest BCUT2D eigenvalue weighted by Gasteiger charge is -2.31. The van der Waals surface area contributed by atoms with Crippen LogP contribution in [0.4, 0.5) is 10.6 Å². The highest BCUT2D eigenvalue weighted by atomic mass is 79.9. The minimum Gasteiger partial charge on any atom is -0.487 e. The van der Waals surface area contributed by atoms with Gasteiger partial charge in [0.1, 0.15) is 22.9 Å². The molecule has 1 aliphatic heterocycles. The summed E-state index contributed by atoms with van der Waals surface area (Å²) in [6, 6.07) is 1.86. The van der Waals surface area contributed by atoms with Crippen LogP contribution in [0.25, 0.3) is 10.7 Å². The maximum absolute atomic E-state index is 12.5. The van der Waals surface area contributed by atoms with E-state index < -0.39 is 11.7 Å². The molecule has 0 bridgehead atoms. The van der Waals surface area contributed by atoms with Crippen molar-refractivity contribution in [3.05, 3.63) is 21.6 Å². The number of amides is 1. The number of pyridine rings is 1. The zero-order valence-electron chi connectivity index (χ0n) is 13.9. The maximum atomic E-state index is 12.5. The zero-order chi connectivity index (χ0) is 17.5. The van der Waals surface area contributed by atoms with Crippen molar-refractivity contribution >= 4 is 39.2 Å². The van der Waals surface area contributed by atoms with Crippen LogP contribution >= 0.6 is 27.3 Å². The number of fused-ring (bicyclic) bond motifs is 1. The van der Waals surface area contributed by atoms with Crippen molar-refractivity contribution in [3.63, 3.8) is 0 Å². The van der Waals surface area contributed by atoms with Gasteiger partial charge >= 0.3 is 6.09 Å². The summed E-state index contributed by atoms with van der Waals surface area (Å²) < 4.78 is 11.9. The van der Waals surface area contributed by atoms with E-state index >= 15 is 0 Å². The third-order valence-electron chi connectivity index (χ3n) is 3.18. The molecule has 3 heterocycles. The Morgan fingerprint density at radius 2 is 2.17 bits per heavy atom. The van der Waals surface area contributed by atoms with Crippen LogP contribution in [-0.2, 0) is 4.74 Å². The first-order valence-electron chi connectivity index (χ1n) is 7.51. The Kier molecular flexibility index (Phi) is 4.52. The fourth-order valence-electron chi connectivity index (χ4n) is 2.23. The molecule has 1 amide bonds. The molecule has 0 aromatic carbocycles. The molecule has 0 N–H and O–H groups in total. The second kappa shape index (κ2) is 6.33. The van der Waals surface area contributed by atoms with Gasteiger partial charge in [0.25, 0.3) is 0 Å². The van der Waals surface area contributed by atoms with E-state index in [2.05, 4.69) is 25.9 Å². The molecule has 0 saturated carbocycles. The molecule has 0 saturated heterocycles. The van der Waals surface area contributed by atoms with Crippen molar-refractivity contribution in [1.29, 1.82) is 0 Å². The summed E-state index contributed by atoms with van der Waals surface area (Å²) in [4.78, 5) is 23.1. The van der Waals surface area contributed by atoms with E-state index in [0.29, 0.717) is 30.4 Å². The molecule has 0 unspecified atom stereocenters. The maximum Gasteiger partial charge on any atom is 0.416 e. The second-order valence-corrected chi connectivity index (χ2v) is 8.13. The van der Waals surface area contributed by atoms with E-state index in [-0.39, 0.29) is 0 Å². The van der Waals surface area contributed by atoms with E-state index in [1.807, 2.05) is 39.1 Å². The van der Waals surface area contributed by atoms with Gasteiger partial charge in [0.05, 0.1) is 11.0 Å². The van der Waals surface area contributed by atoms with Gasteiger partial charge in [-0.1, -0.05) is 0 Å². The van der Waals surface area contributed by atoms with Crippen LogP contribution in [0.5, 0.6) is 5.75 Å². The van der Waals surface area contributed by atoms with Crippen molar-refractivity contribution in [2.24, 2.45) is 0 Å². The van der Waals surface area contributed by atoms with Gasteiger partial charge in [-0.3, -0.25) is 4.90 Å². The number of thiazole rings is 1. The molecule has 8 heteroatoms. The zero-order valence-corrected chi connectivity index (χ0v) is 16.3. The lowest BCUT2D eigenvalue weighted by atomic mass is 10.2. The Bertz CT molecular complexity index is 785. The molecule has 6 nitrogen and oxygen atoms in total. The number of hydrogen-bond donors (Lipinski definition) is 0. The summed E-state index contributed by atoms with van der Waals surface area (Å²) in [6.45, 7) is 8.23. The molecule has 0 aliphatic carbocycles. The van der Waals surface area contributed by atoms with Crippen LogP contribution in [-0.4, -0.2) is 34.8 Å². The number of nitrogens with zero attached hydrogens (tertiary/aromatic N) is 3. The van der Waals surface area contributed by atoms with Crippen molar-refractivity contribution < 1.29 is 14.3 Å². The number of aryl methyl sites for hydroxylation is 1. The topological polar surface area (TPSA) is 64.6 Å². The van der Waals surface area contributed by atoms with Crippen LogP contribution in [0.3, 0.4) is 0 Å². The summed E-state index contributed by atoms with van der Waals surface area (Å²) in [6.07, 6.45) is -0.432. The molecular formula is C16H18BrN3O3S. The molecule has 0 atom stereocenters. The first-order chi connectivity index (χ1) is 11.2. The molecule has 24 heavy (non-hydrogen) atoms. The molecule has 2 aromatic heterocycles. The largest absolute Gasteiger partial charge is 0.487 e. The molecule has 3 rings (SSSR count). The van der Waals surface area contributed by atoms with Crippen LogP contribution in [0.2, 0.25) is 0 Å². The van der Waals surface area contributed by atoms with Gasteiger partial charge in [0.2, 0.25) is 0 Å². The quantitative estimate of drug-likeness (QED) is 0.694. The third-order valence-corrected chi connectivity index (χ3v) is 4.75. The van der Waals surface area contributed by atoms with Gasteiger partial charge in [0, 0.05) is 11.1 Å². The average molecular weight is 412 g/mol. The fourth-order valence-corrected chi connectivity index (χ4v) is 3.49. The van der Waals surface area contributed by atoms with Crippen LogP contribution in [0.1, 0.15) is 26.5 Å². The molecule has 1 aliphatic rings. The van der Waals surface area contributed by atoms with Crippen LogP contribution in [0.15, 0.2) is 15.9 Å². The number of anilines is 1. The number of halogens is 1. The molecule has 0 radical (unpaired) electrons. The highest BCUT2D eigenvalue weighted by molar-refractivity contribution is 9.10. The summed E-state index contributed by atoms with van der Waals surface area (Å²) in [5, 5.41) is 2.76. The van der Waals surface area contributed by atoms with Crippen LogP contribution in [0, 0.1) is 6.92 Å². The Morgan fingerprint density at radius 3 is 2.79 bits per heavy atom. The second-order valence-electron chi connectivity index (χ2n) is 6.42. The van der Waals surface area contributed by atoms with E-state index in [0.717, 1.165) is 15.2 Å². The van der Waals surface area contributed by atoms with Crippen molar-refractivity contribution in [2.45, 2.75) is 33.3 Å².